The number of nitro groups is 1. The van der Waals surface area contributed by atoms with Gasteiger partial charge in [-0.3, -0.25) is 10.1 Å². The number of non-ortho nitro benzene ring substituents is 1. The number of rotatable bonds is 5. The van der Waals surface area contributed by atoms with Crippen molar-refractivity contribution in [3.05, 3.63) is 28.3 Å². The summed E-state index contributed by atoms with van der Waals surface area (Å²) in [4.78, 5) is 22.1. The molecule has 2 rings (SSSR count). The normalized spacial score (nSPS) is 14.7. The topological polar surface area (TPSA) is 93.5 Å². The maximum atomic E-state index is 11.9. The van der Waals surface area contributed by atoms with Gasteiger partial charge >= 0.3 is 6.03 Å². The van der Waals surface area contributed by atoms with Gasteiger partial charge < -0.3 is 15.4 Å². The number of nitrogens with zero attached hydrogens (tertiary/aromatic N) is 1. The van der Waals surface area contributed by atoms with Gasteiger partial charge in [0.15, 0.2) is 0 Å². The van der Waals surface area contributed by atoms with Crippen LogP contribution in [0.1, 0.15) is 25.7 Å². The minimum Gasteiger partial charge on any atom is -0.495 e. The van der Waals surface area contributed by atoms with Crippen molar-refractivity contribution < 1.29 is 14.5 Å². The van der Waals surface area contributed by atoms with Crippen molar-refractivity contribution >= 4 is 17.4 Å². The number of methoxy groups -OCH3 is 1. The van der Waals surface area contributed by atoms with E-state index in [1.807, 2.05) is 0 Å². The lowest BCUT2D eigenvalue weighted by molar-refractivity contribution is -0.384. The average molecular weight is 293 g/mol. The number of amides is 2. The van der Waals surface area contributed by atoms with Crippen LogP contribution in [0.25, 0.3) is 0 Å². The van der Waals surface area contributed by atoms with Crippen LogP contribution in [0, 0.1) is 16.0 Å². The number of urea groups is 1. The van der Waals surface area contributed by atoms with E-state index in [-0.39, 0.29) is 17.4 Å². The van der Waals surface area contributed by atoms with Crippen LogP contribution in [-0.2, 0) is 0 Å². The molecule has 1 aromatic carbocycles. The molecule has 0 radical (unpaired) electrons. The smallest absolute Gasteiger partial charge is 0.319 e. The molecular weight excluding hydrogens is 274 g/mol. The van der Waals surface area contributed by atoms with Gasteiger partial charge in [-0.05, 0) is 24.8 Å². The molecule has 0 heterocycles. The van der Waals surface area contributed by atoms with Crippen LogP contribution in [0.5, 0.6) is 5.75 Å². The molecular formula is C14H19N3O4. The van der Waals surface area contributed by atoms with Gasteiger partial charge in [-0.25, -0.2) is 4.79 Å². The van der Waals surface area contributed by atoms with E-state index in [1.54, 1.807) is 0 Å². The van der Waals surface area contributed by atoms with E-state index < -0.39 is 4.92 Å². The van der Waals surface area contributed by atoms with Gasteiger partial charge in [0.05, 0.1) is 17.7 Å². The number of benzene rings is 1. The lowest BCUT2D eigenvalue weighted by Gasteiger charge is -2.13. The van der Waals surface area contributed by atoms with Crippen LogP contribution in [0.4, 0.5) is 16.2 Å². The van der Waals surface area contributed by atoms with Gasteiger partial charge in [0.1, 0.15) is 5.75 Å². The first-order valence-electron chi connectivity index (χ1n) is 6.97. The highest BCUT2D eigenvalue weighted by Crippen LogP contribution is 2.29. The molecule has 0 unspecified atom stereocenters. The Kier molecular flexibility index (Phi) is 4.97. The molecule has 0 saturated heterocycles. The number of carbonyl (C=O) groups excluding carboxylic acids is 1. The Morgan fingerprint density at radius 1 is 1.43 bits per heavy atom. The summed E-state index contributed by atoms with van der Waals surface area (Å²) in [5, 5.41) is 16.2. The third kappa shape index (κ3) is 4.08. The van der Waals surface area contributed by atoms with Crippen molar-refractivity contribution in [1.82, 2.24) is 5.32 Å². The largest absolute Gasteiger partial charge is 0.495 e. The first-order valence-corrected chi connectivity index (χ1v) is 6.97. The lowest BCUT2D eigenvalue weighted by atomic mass is 10.1. The molecule has 1 aliphatic carbocycles. The summed E-state index contributed by atoms with van der Waals surface area (Å²) in [6.07, 6.45) is 4.71. The molecule has 1 saturated carbocycles. The quantitative estimate of drug-likeness (QED) is 0.644. The molecule has 0 aliphatic heterocycles. The molecule has 0 aromatic heterocycles. The predicted octanol–water partition coefficient (Wildman–Crippen LogP) is 2.92. The van der Waals surface area contributed by atoms with E-state index in [1.165, 1.54) is 38.2 Å². The van der Waals surface area contributed by atoms with Gasteiger partial charge in [0, 0.05) is 18.7 Å². The van der Waals surface area contributed by atoms with Crippen molar-refractivity contribution in [2.45, 2.75) is 25.7 Å². The molecule has 0 spiro atoms. The summed E-state index contributed by atoms with van der Waals surface area (Å²) in [7, 11) is 1.45. The zero-order valence-electron chi connectivity index (χ0n) is 11.9. The second-order valence-electron chi connectivity index (χ2n) is 5.13. The number of hydrogen-bond acceptors (Lipinski definition) is 4. The second-order valence-corrected chi connectivity index (χ2v) is 5.13. The van der Waals surface area contributed by atoms with Gasteiger partial charge in [0.25, 0.3) is 5.69 Å². The molecule has 7 heteroatoms. The molecule has 2 amide bonds. The van der Waals surface area contributed by atoms with E-state index in [9.17, 15) is 14.9 Å². The van der Waals surface area contributed by atoms with Crippen LogP contribution in [-0.4, -0.2) is 24.6 Å². The average Bonchev–Trinajstić information content (AvgIpc) is 2.98. The van der Waals surface area contributed by atoms with Gasteiger partial charge in [0.2, 0.25) is 0 Å². The number of hydrogen-bond donors (Lipinski definition) is 2. The van der Waals surface area contributed by atoms with Crippen LogP contribution >= 0.6 is 0 Å². The van der Waals surface area contributed by atoms with Gasteiger partial charge in [-0.1, -0.05) is 12.8 Å². The van der Waals surface area contributed by atoms with Crippen LogP contribution in [0.2, 0.25) is 0 Å². The SMILES string of the molecule is COc1ccc([N+](=O)[O-])cc1NC(=O)NCC1CCCC1. The Labute approximate surface area is 122 Å². The molecule has 1 fully saturated rings. The van der Waals surface area contributed by atoms with E-state index in [0.717, 1.165) is 12.8 Å². The Balaban J connectivity index is 1.97. The number of ether oxygens (including phenoxy) is 1. The number of nitrogens with one attached hydrogen (secondary N) is 2. The molecule has 114 valence electrons. The Morgan fingerprint density at radius 3 is 2.76 bits per heavy atom. The fourth-order valence-corrected chi connectivity index (χ4v) is 2.53. The number of carbonyl (C=O) groups is 1. The third-order valence-corrected chi connectivity index (χ3v) is 3.67. The van der Waals surface area contributed by atoms with Crippen molar-refractivity contribution in [2.75, 3.05) is 19.0 Å². The third-order valence-electron chi connectivity index (χ3n) is 3.67. The minimum atomic E-state index is -0.513. The molecule has 0 atom stereocenters. The monoisotopic (exact) mass is 293 g/mol. The summed E-state index contributed by atoms with van der Waals surface area (Å²) in [5.74, 6) is 0.916. The standard InChI is InChI=1S/C14H19N3O4/c1-21-13-7-6-11(17(19)20)8-12(13)16-14(18)15-9-10-4-2-3-5-10/h6-8,10H,2-5,9H2,1H3,(H2,15,16,18). The van der Waals surface area contributed by atoms with Crippen LogP contribution in [0.15, 0.2) is 18.2 Å². The maximum absolute atomic E-state index is 11.9. The maximum Gasteiger partial charge on any atom is 0.319 e. The highest BCUT2D eigenvalue weighted by molar-refractivity contribution is 5.91. The predicted molar refractivity (Wildman–Crippen MR) is 78.6 cm³/mol. The van der Waals surface area contributed by atoms with Crippen LogP contribution in [0.3, 0.4) is 0 Å². The summed E-state index contributed by atoms with van der Waals surface area (Å²) in [5.41, 5.74) is 0.192. The van der Waals surface area contributed by atoms with Crippen molar-refractivity contribution in [3.8, 4) is 5.75 Å². The fraction of sp³-hybridized carbons (Fsp3) is 0.500. The van der Waals surface area contributed by atoms with E-state index in [4.69, 9.17) is 4.74 Å². The molecule has 21 heavy (non-hydrogen) atoms. The number of anilines is 1. The first-order chi connectivity index (χ1) is 10.1. The highest BCUT2D eigenvalue weighted by atomic mass is 16.6. The van der Waals surface area contributed by atoms with Crippen molar-refractivity contribution in [1.29, 1.82) is 0 Å². The molecule has 2 N–H and O–H groups in total. The number of nitro benzene ring substituents is 1. The van der Waals surface area contributed by atoms with Gasteiger partial charge in [-0.2, -0.15) is 0 Å². The van der Waals surface area contributed by atoms with E-state index in [2.05, 4.69) is 10.6 Å². The molecule has 0 bridgehead atoms. The van der Waals surface area contributed by atoms with Gasteiger partial charge in [-0.15, -0.1) is 0 Å². The summed E-state index contributed by atoms with van der Waals surface area (Å²) in [6.45, 7) is 0.628. The minimum absolute atomic E-state index is 0.0955. The van der Waals surface area contributed by atoms with E-state index >= 15 is 0 Å². The molecule has 7 nitrogen and oxygen atoms in total. The Morgan fingerprint density at radius 2 is 2.14 bits per heavy atom. The molecule has 1 aliphatic rings. The fourth-order valence-electron chi connectivity index (χ4n) is 2.53. The Hall–Kier alpha value is -2.31. The van der Waals surface area contributed by atoms with Crippen molar-refractivity contribution in [2.24, 2.45) is 5.92 Å². The highest BCUT2D eigenvalue weighted by Gasteiger charge is 2.17. The summed E-state index contributed by atoms with van der Waals surface area (Å²) < 4.78 is 5.09. The zero-order valence-corrected chi connectivity index (χ0v) is 11.9. The van der Waals surface area contributed by atoms with Crippen molar-refractivity contribution in [3.63, 3.8) is 0 Å². The first kappa shape index (κ1) is 15.1. The molecule has 1 aromatic rings. The zero-order chi connectivity index (χ0) is 15.2. The van der Waals surface area contributed by atoms with E-state index in [0.29, 0.717) is 18.2 Å². The lowest BCUT2D eigenvalue weighted by Crippen LogP contribution is -2.32. The van der Waals surface area contributed by atoms with Crippen LogP contribution < -0.4 is 15.4 Å². The summed E-state index contributed by atoms with van der Waals surface area (Å²) >= 11 is 0. The summed E-state index contributed by atoms with van der Waals surface area (Å²) in [6, 6.07) is 3.71. The second kappa shape index (κ2) is 6.92. The Bertz CT molecular complexity index is 527.